The summed E-state index contributed by atoms with van der Waals surface area (Å²) in [7, 11) is 0. The number of nitrogens with one attached hydrogen (secondary N) is 1. The quantitative estimate of drug-likeness (QED) is 0.649. The number of nitrogens with zero attached hydrogens (tertiary/aromatic N) is 1. The first-order chi connectivity index (χ1) is 12.1. The molecule has 5 nitrogen and oxygen atoms in total. The maximum Gasteiger partial charge on any atom is 0.145 e. The highest BCUT2D eigenvalue weighted by atomic mass is 35.5. The van der Waals surface area contributed by atoms with Gasteiger partial charge in [-0.2, -0.15) is 0 Å². The van der Waals surface area contributed by atoms with E-state index in [0.717, 1.165) is 5.69 Å². The Morgan fingerprint density at radius 1 is 1.12 bits per heavy atom. The van der Waals surface area contributed by atoms with Crippen LogP contribution in [-0.2, 0) is 17.6 Å². The lowest BCUT2D eigenvalue weighted by atomic mass is 10.2. The SMILES string of the molecule is O=S([O-])c1ccc(Oc2cccnc2)cc1CNc1cccc(Cl)c1. The van der Waals surface area contributed by atoms with Crippen LogP contribution in [0.3, 0.4) is 0 Å². The van der Waals surface area contributed by atoms with E-state index in [1.165, 1.54) is 6.07 Å². The summed E-state index contributed by atoms with van der Waals surface area (Å²) >= 11 is 3.62. The Morgan fingerprint density at radius 3 is 2.72 bits per heavy atom. The number of anilines is 1. The van der Waals surface area contributed by atoms with Gasteiger partial charge in [-0.1, -0.05) is 17.7 Å². The zero-order valence-corrected chi connectivity index (χ0v) is 14.6. The van der Waals surface area contributed by atoms with Crippen molar-refractivity contribution in [3.05, 3.63) is 77.6 Å². The summed E-state index contributed by atoms with van der Waals surface area (Å²) in [6.07, 6.45) is 3.24. The van der Waals surface area contributed by atoms with Crippen molar-refractivity contribution >= 4 is 28.4 Å². The van der Waals surface area contributed by atoms with Crippen molar-refractivity contribution in [2.45, 2.75) is 11.4 Å². The molecule has 0 bridgehead atoms. The molecule has 128 valence electrons. The Bertz CT molecular complexity index is 890. The minimum atomic E-state index is -2.34. The number of aromatic nitrogens is 1. The van der Waals surface area contributed by atoms with E-state index in [-0.39, 0.29) is 4.90 Å². The molecule has 1 heterocycles. The molecule has 0 amide bonds. The molecule has 7 heteroatoms. The fourth-order valence-corrected chi connectivity index (χ4v) is 2.97. The van der Waals surface area contributed by atoms with Gasteiger partial charge < -0.3 is 14.6 Å². The third kappa shape index (κ3) is 4.79. The van der Waals surface area contributed by atoms with Crippen LogP contribution in [0, 0.1) is 0 Å². The second kappa shape index (κ2) is 8.11. The maximum absolute atomic E-state index is 11.5. The maximum atomic E-state index is 11.5. The zero-order chi connectivity index (χ0) is 17.6. The first kappa shape index (κ1) is 17.4. The standard InChI is InChI=1S/C18H15ClN2O3S/c19-14-3-1-4-15(10-14)21-11-13-9-16(6-7-18(13)25(22)23)24-17-5-2-8-20-12-17/h1-10,12,21H,11H2,(H,22,23)/p-1. The van der Waals surface area contributed by atoms with Gasteiger partial charge in [-0.25, -0.2) is 0 Å². The Labute approximate surface area is 152 Å². The van der Waals surface area contributed by atoms with E-state index in [2.05, 4.69) is 10.3 Å². The number of hydrogen-bond donors (Lipinski definition) is 1. The van der Waals surface area contributed by atoms with Gasteiger partial charge in [-0.05, 0) is 65.2 Å². The lowest BCUT2D eigenvalue weighted by molar-refractivity contribution is 0.478. The number of halogens is 1. The van der Waals surface area contributed by atoms with E-state index in [0.29, 0.717) is 28.6 Å². The summed E-state index contributed by atoms with van der Waals surface area (Å²) < 4.78 is 28.6. The van der Waals surface area contributed by atoms with E-state index >= 15 is 0 Å². The van der Waals surface area contributed by atoms with Crippen LogP contribution in [0.2, 0.25) is 5.02 Å². The summed E-state index contributed by atoms with van der Waals surface area (Å²) in [5.74, 6) is 1.11. The largest absolute Gasteiger partial charge is 0.768 e. The van der Waals surface area contributed by atoms with Crippen molar-refractivity contribution < 1.29 is 13.5 Å². The average Bonchev–Trinajstić information content (AvgIpc) is 2.61. The summed E-state index contributed by atoms with van der Waals surface area (Å²) in [6.45, 7) is 0.313. The van der Waals surface area contributed by atoms with Crippen LogP contribution < -0.4 is 10.1 Å². The smallest absolute Gasteiger partial charge is 0.145 e. The minimum Gasteiger partial charge on any atom is -0.768 e. The second-order valence-corrected chi connectivity index (χ2v) is 6.50. The number of pyridine rings is 1. The lowest BCUT2D eigenvalue weighted by Gasteiger charge is -2.15. The van der Waals surface area contributed by atoms with Crippen LogP contribution in [0.4, 0.5) is 5.69 Å². The fraction of sp³-hybridized carbons (Fsp3) is 0.0556. The topological polar surface area (TPSA) is 74.3 Å². The summed E-state index contributed by atoms with van der Waals surface area (Å²) in [4.78, 5) is 4.20. The molecule has 3 rings (SSSR count). The van der Waals surface area contributed by atoms with Gasteiger partial charge in [0.15, 0.2) is 0 Å². The van der Waals surface area contributed by atoms with Gasteiger partial charge in [0.2, 0.25) is 0 Å². The number of ether oxygens (including phenoxy) is 1. The van der Waals surface area contributed by atoms with Crippen molar-refractivity contribution in [3.63, 3.8) is 0 Å². The first-order valence-corrected chi connectivity index (χ1v) is 8.86. The van der Waals surface area contributed by atoms with Crippen molar-refractivity contribution in [3.8, 4) is 11.5 Å². The monoisotopic (exact) mass is 373 g/mol. The van der Waals surface area contributed by atoms with Crippen LogP contribution >= 0.6 is 11.6 Å². The Kier molecular flexibility index (Phi) is 5.65. The lowest BCUT2D eigenvalue weighted by Crippen LogP contribution is -2.04. The van der Waals surface area contributed by atoms with E-state index in [4.69, 9.17) is 16.3 Å². The van der Waals surface area contributed by atoms with Gasteiger partial charge in [-0.3, -0.25) is 9.19 Å². The highest BCUT2D eigenvalue weighted by Gasteiger charge is 2.07. The molecule has 3 aromatic rings. The summed E-state index contributed by atoms with van der Waals surface area (Å²) in [5, 5.41) is 3.77. The molecule has 0 aliphatic carbocycles. The van der Waals surface area contributed by atoms with Crippen molar-refractivity contribution in [1.82, 2.24) is 4.98 Å². The fourth-order valence-electron chi connectivity index (χ4n) is 2.26. The van der Waals surface area contributed by atoms with Gasteiger partial charge >= 0.3 is 0 Å². The second-order valence-electron chi connectivity index (χ2n) is 5.16. The minimum absolute atomic E-state index is 0.216. The van der Waals surface area contributed by atoms with Gasteiger partial charge in [-0.15, -0.1) is 0 Å². The van der Waals surface area contributed by atoms with Gasteiger partial charge in [0, 0.05) is 28.3 Å². The molecular weight excluding hydrogens is 360 g/mol. The molecule has 0 aliphatic rings. The van der Waals surface area contributed by atoms with Crippen molar-refractivity contribution in [2.24, 2.45) is 0 Å². The number of rotatable bonds is 6. The summed E-state index contributed by atoms with van der Waals surface area (Å²) in [6, 6.07) is 15.6. The highest BCUT2D eigenvalue weighted by Crippen LogP contribution is 2.26. The van der Waals surface area contributed by atoms with Gasteiger partial charge in [0.25, 0.3) is 0 Å². The van der Waals surface area contributed by atoms with E-state index in [9.17, 15) is 8.76 Å². The van der Waals surface area contributed by atoms with Crippen molar-refractivity contribution in [1.29, 1.82) is 0 Å². The molecule has 0 saturated carbocycles. The Morgan fingerprint density at radius 2 is 2.00 bits per heavy atom. The molecular formula is C18H14ClN2O3S-. The molecule has 0 saturated heterocycles. The molecule has 0 fully saturated rings. The van der Waals surface area contributed by atoms with E-state index < -0.39 is 11.1 Å². The zero-order valence-electron chi connectivity index (χ0n) is 13.0. The Balaban J connectivity index is 1.82. The normalized spacial score (nSPS) is 11.8. The molecule has 25 heavy (non-hydrogen) atoms. The van der Waals surface area contributed by atoms with Gasteiger partial charge in [0.1, 0.15) is 11.5 Å². The predicted octanol–water partition coefficient (Wildman–Crippen LogP) is 4.38. The predicted molar refractivity (Wildman–Crippen MR) is 96.7 cm³/mol. The molecule has 2 aromatic carbocycles. The van der Waals surface area contributed by atoms with E-state index in [1.807, 2.05) is 12.1 Å². The van der Waals surface area contributed by atoms with Crippen LogP contribution in [0.5, 0.6) is 11.5 Å². The third-order valence-electron chi connectivity index (χ3n) is 3.39. The van der Waals surface area contributed by atoms with Crippen molar-refractivity contribution in [2.75, 3.05) is 5.32 Å². The van der Waals surface area contributed by atoms with Crippen LogP contribution in [0.25, 0.3) is 0 Å². The van der Waals surface area contributed by atoms with Gasteiger partial charge in [0.05, 0.1) is 6.20 Å². The average molecular weight is 374 g/mol. The molecule has 1 unspecified atom stereocenters. The third-order valence-corrected chi connectivity index (χ3v) is 4.38. The van der Waals surface area contributed by atoms with Crippen LogP contribution in [0.1, 0.15) is 5.56 Å². The molecule has 0 aliphatic heterocycles. The number of benzene rings is 2. The Hall–Kier alpha value is -2.41. The molecule has 0 radical (unpaired) electrons. The molecule has 1 N–H and O–H groups in total. The molecule has 1 aromatic heterocycles. The van der Waals surface area contributed by atoms with Crippen LogP contribution in [-0.4, -0.2) is 13.7 Å². The summed E-state index contributed by atoms with van der Waals surface area (Å²) in [5.41, 5.74) is 1.39. The first-order valence-electron chi connectivity index (χ1n) is 7.41. The molecule has 1 atom stereocenters. The highest BCUT2D eigenvalue weighted by molar-refractivity contribution is 7.79. The molecule has 0 spiro atoms. The van der Waals surface area contributed by atoms with E-state index in [1.54, 1.807) is 48.8 Å². The van der Waals surface area contributed by atoms with Crippen LogP contribution in [0.15, 0.2) is 71.9 Å². The number of hydrogen-bond acceptors (Lipinski definition) is 5.